The molecule has 2 N–H and O–H groups in total. The average Bonchev–Trinajstić information content (AvgIpc) is 2.77. The third-order valence-corrected chi connectivity index (χ3v) is 6.55. The number of aromatic nitrogens is 2. The van der Waals surface area contributed by atoms with Crippen molar-refractivity contribution < 1.29 is 14.4 Å². The Morgan fingerprint density at radius 1 is 0.968 bits per heavy atom. The van der Waals surface area contributed by atoms with Crippen LogP contribution in [0.1, 0.15) is 22.7 Å². The van der Waals surface area contributed by atoms with Crippen LogP contribution in [-0.2, 0) is 22.4 Å². The number of benzene rings is 1. The number of nitrogens with zero attached hydrogens (tertiary/aromatic N) is 3. The molecule has 0 aliphatic carbocycles. The number of imide groups is 2. The fraction of sp³-hybridized carbons (Fsp3) is 0.227. The van der Waals surface area contributed by atoms with Crippen molar-refractivity contribution in [3.05, 3.63) is 75.7 Å². The number of pyridine rings is 1. The predicted octanol–water partition coefficient (Wildman–Crippen LogP) is 0.707. The molecule has 0 radical (unpaired) electrons. The molecule has 4 amide bonds. The van der Waals surface area contributed by atoms with Crippen molar-refractivity contribution in [2.75, 3.05) is 11.4 Å². The van der Waals surface area contributed by atoms with E-state index >= 15 is 0 Å². The zero-order valence-corrected chi connectivity index (χ0v) is 16.3. The number of amides is 4. The fourth-order valence-corrected chi connectivity index (χ4v) is 5.18. The number of urea groups is 1. The van der Waals surface area contributed by atoms with E-state index < -0.39 is 29.3 Å². The van der Waals surface area contributed by atoms with E-state index in [1.165, 1.54) is 4.40 Å². The molecule has 2 aromatic heterocycles. The molecule has 1 saturated heterocycles. The number of nitrogens with one attached hydrogen (secondary N) is 2. The number of barbiturate groups is 1. The van der Waals surface area contributed by atoms with Crippen molar-refractivity contribution >= 4 is 29.3 Å². The van der Waals surface area contributed by atoms with Crippen molar-refractivity contribution in [2.45, 2.75) is 18.9 Å². The van der Waals surface area contributed by atoms with Crippen LogP contribution < -0.4 is 21.1 Å². The van der Waals surface area contributed by atoms with Crippen LogP contribution >= 0.6 is 0 Å². The molecular weight excluding hydrogens is 398 g/mol. The number of fused-ring (bicyclic) bond motifs is 7. The second-order valence-corrected chi connectivity index (χ2v) is 8.08. The first-order chi connectivity index (χ1) is 15.0. The predicted molar refractivity (Wildman–Crippen MR) is 110 cm³/mol. The largest absolute Gasteiger partial charge is 0.347 e. The minimum Gasteiger partial charge on any atom is -0.347 e. The summed E-state index contributed by atoms with van der Waals surface area (Å²) in [5.41, 5.74) is 0.651. The molecule has 6 rings (SSSR count). The van der Waals surface area contributed by atoms with Gasteiger partial charge in [0.2, 0.25) is 11.8 Å². The van der Waals surface area contributed by atoms with Gasteiger partial charge in [-0.05, 0) is 29.7 Å². The van der Waals surface area contributed by atoms with Crippen LogP contribution in [0.25, 0.3) is 5.65 Å². The monoisotopic (exact) mass is 415 g/mol. The molecular formula is C22H17N5O4. The van der Waals surface area contributed by atoms with Crippen LogP contribution in [0.4, 0.5) is 10.6 Å². The van der Waals surface area contributed by atoms with Crippen LogP contribution in [0.3, 0.4) is 0 Å². The summed E-state index contributed by atoms with van der Waals surface area (Å²) in [6, 6.07) is 11.4. The highest BCUT2D eigenvalue weighted by Crippen LogP contribution is 2.51. The van der Waals surface area contributed by atoms with Crippen molar-refractivity contribution in [2.24, 2.45) is 5.41 Å². The number of hydrogen-bond acceptors (Lipinski definition) is 6. The molecule has 154 valence electrons. The topological polar surface area (TPSA) is 113 Å². The first kappa shape index (κ1) is 17.8. The normalized spacial score (nSPS) is 21.2. The smallest absolute Gasteiger partial charge is 0.328 e. The zero-order chi connectivity index (χ0) is 21.3. The zero-order valence-electron chi connectivity index (χ0n) is 16.3. The van der Waals surface area contributed by atoms with Crippen molar-refractivity contribution in [1.29, 1.82) is 0 Å². The SMILES string of the molecule is O=C1NC(=O)C2(Cc3c(nc4ccccn4c3=O)N3CCc4ccccc4C32)C(=O)N1. The molecule has 3 aromatic rings. The van der Waals surface area contributed by atoms with E-state index in [-0.39, 0.29) is 12.0 Å². The van der Waals surface area contributed by atoms with Crippen LogP contribution in [0.5, 0.6) is 0 Å². The lowest BCUT2D eigenvalue weighted by Gasteiger charge is -2.51. The fourth-order valence-electron chi connectivity index (χ4n) is 5.18. The highest BCUT2D eigenvalue weighted by Gasteiger charge is 2.62. The molecule has 0 bridgehead atoms. The summed E-state index contributed by atoms with van der Waals surface area (Å²) in [7, 11) is 0. The van der Waals surface area contributed by atoms with Crippen LogP contribution in [-0.4, -0.2) is 33.8 Å². The number of rotatable bonds is 0. The third-order valence-electron chi connectivity index (χ3n) is 6.55. The molecule has 5 heterocycles. The summed E-state index contributed by atoms with van der Waals surface area (Å²) >= 11 is 0. The van der Waals surface area contributed by atoms with Gasteiger partial charge in [-0.1, -0.05) is 30.3 Å². The minimum atomic E-state index is -1.67. The van der Waals surface area contributed by atoms with Gasteiger partial charge in [0.05, 0.1) is 11.6 Å². The van der Waals surface area contributed by atoms with Gasteiger partial charge in [0, 0.05) is 19.2 Å². The van der Waals surface area contributed by atoms with Gasteiger partial charge in [-0.15, -0.1) is 0 Å². The number of anilines is 1. The Kier molecular flexibility index (Phi) is 3.45. The molecule has 31 heavy (non-hydrogen) atoms. The summed E-state index contributed by atoms with van der Waals surface area (Å²) < 4.78 is 1.41. The summed E-state index contributed by atoms with van der Waals surface area (Å²) in [6.45, 7) is 0.486. The molecule has 9 nitrogen and oxygen atoms in total. The molecule has 0 saturated carbocycles. The lowest BCUT2D eigenvalue weighted by molar-refractivity contribution is -0.146. The van der Waals surface area contributed by atoms with E-state index in [2.05, 4.69) is 10.6 Å². The molecule has 1 atom stereocenters. The Bertz CT molecular complexity index is 1360. The van der Waals surface area contributed by atoms with E-state index in [1.54, 1.807) is 24.4 Å². The molecule has 1 fully saturated rings. The maximum absolute atomic E-state index is 13.4. The summed E-state index contributed by atoms with van der Waals surface area (Å²) in [6.07, 6.45) is 2.15. The second-order valence-electron chi connectivity index (χ2n) is 8.08. The standard InChI is InChI=1S/C22H17N5O4/c28-18-14-11-22(19(29)24-21(31)25-20(22)30)16-13-6-2-1-5-12(13)8-10-27(16)17(14)23-15-7-3-4-9-26(15)18/h1-7,9,16H,8,10-11H2,(H2,24,25,29,30,31). The molecule has 1 aromatic carbocycles. The Hall–Kier alpha value is -4.01. The minimum absolute atomic E-state index is 0.146. The lowest BCUT2D eigenvalue weighted by atomic mass is 9.65. The third kappa shape index (κ3) is 2.23. The number of hydrogen-bond donors (Lipinski definition) is 2. The van der Waals surface area contributed by atoms with Gasteiger partial charge in [-0.3, -0.25) is 29.4 Å². The maximum Gasteiger partial charge on any atom is 0.328 e. The first-order valence-corrected chi connectivity index (χ1v) is 10.0. The van der Waals surface area contributed by atoms with E-state index in [0.717, 1.165) is 11.1 Å². The summed E-state index contributed by atoms with van der Waals surface area (Å²) in [5.74, 6) is -0.911. The highest BCUT2D eigenvalue weighted by atomic mass is 16.2. The van der Waals surface area contributed by atoms with Gasteiger partial charge < -0.3 is 4.90 Å². The van der Waals surface area contributed by atoms with Crippen molar-refractivity contribution in [3.8, 4) is 0 Å². The Balaban J connectivity index is 1.68. The van der Waals surface area contributed by atoms with Crippen molar-refractivity contribution in [3.63, 3.8) is 0 Å². The van der Waals surface area contributed by atoms with Gasteiger partial charge in [0.15, 0.2) is 5.41 Å². The summed E-state index contributed by atoms with van der Waals surface area (Å²) in [5, 5.41) is 4.51. The Morgan fingerprint density at radius 2 is 1.71 bits per heavy atom. The van der Waals surface area contributed by atoms with E-state index in [9.17, 15) is 19.2 Å². The lowest BCUT2D eigenvalue weighted by Crippen LogP contribution is -2.69. The molecule has 3 aliphatic rings. The van der Waals surface area contributed by atoms with Gasteiger partial charge in [-0.25, -0.2) is 9.78 Å². The van der Waals surface area contributed by atoms with Gasteiger partial charge in [-0.2, -0.15) is 0 Å². The highest BCUT2D eigenvalue weighted by molar-refractivity contribution is 6.20. The first-order valence-electron chi connectivity index (χ1n) is 10.0. The van der Waals surface area contributed by atoms with Crippen LogP contribution in [0, 0.1) is 5.41 Å². The van der Waals surface area contributed by atoms with E-state index in [0.29, 0.717) is 30.0 Å². The van der Waals surface area contributed by atoms with Crippen LogP contribution in [0.2, 0.25) is 0 Å². The molecule has 1 unspecified atom stereocenters. The molecule has 9 heteroatoms. The summed E-state index contributed by atoms with van der Waals surface area (Å²) in [4.78, 5) is 58.4. The average molecular weight is 415 g/mol. The van der Waals surface area contributed by atoms with Crippen LogP contribution in [0.15, 0.2) is 53.5 Å². The number of carbonyl (C=O) groups is 3. The van der Waals surface area contributed by atoms with Crippen molar-refractivity contribution in [1.82, 2.24) is 20.0 Å². The maximum atomic E-state index is 13.4. The Labute approximate surface area is 175 Å². The quantitative estimate of drug-likeness (QED) is 0.523. The van der Waals surface area contributed by atoms with Gasteiger partial charge in [0.25, 0.3) is 5.56 Å². The molecule has 3 aliphatic heterocycles. The van der Waals surface area contributed by atoms with Gasteiger partial charge >= 0.3 is 6.03 Å². The number of carbonyl (C=O) groups excluding carboxylic acids is 3. The Morgan fingerprint density at radius 3 is 2.52 bits per heavy atom. The molecule has 1 spiro atoms. The van der Waals surface area contributed by atoms with E-state index in [1.807, 2.05) is 29.2 Å². The van der Waals surface area contributed by atoms with E-state index in [4.69, 9.17) is 4.98 Å². The van der Waals surface area contributed by atoms with Gasteiger partial charge in [0.1, 0.15) is 11.5 Å². The second kappa shape index (κ2) is 6.00.